The Labute approximate surface area is 131 Å². The van der Waals surface area contributed by atoms with Crippen LogP contribution in [0.3, 0.4) is 0 Å². The molecule has 0 spiro atoms. The average Bonchev–Trinajstić information content (AvgIpc) is 2.98. The molecule has 1 aromatic heterocycles. The van der Waals surface area contributed by atoms with Gasteiger partial charge in [-0.15, -0.1) is 0 Å². The van der Waals surface area contributed by atoms with Gasteiger partial charge in [-0.25, -0.2) is 9.59 Å². The minimum atomic E-state index is -0.805. The van der Waals surface area contributed by atoms with E-state index < -0.39 is 12.1 Å². The van der Waals surface area contributed by atoms with Crippen molar-refractivity contribution in [2.45, 2.75) is 32.3 Å². The number of halogens is 1. The molecule has 1 atom stereocenters. The maximum absolute atomic E-state index is 12.0. The molecule has 2 aromatic rings. The van der Waals surface area contributed by atoms with E-state index in [0.29, 0.717) is 10.6 Å². The molecule has 0 fully saturated rings. The number of hydrogen-bond donors (Lipinski definition) is 0. The van der Waals surface area contributed by atoms with E-state index in [1.165, 1.54) is 7.11 Å². The molecule has 116 valence electrons. The summed E-state index contributed by atoms with van der Waals surface area (Å²) in [7, 11) is 1.28. The van der Waals surface area contributed by atoms with Crippen LogP contribution in [0.15, 0.2) is 21.3 Å². The Hall–Kier alpha value is -2.01. The van der Waals surface area contributed by atoms with Gasteiger partial charge in [-0.2, -0.15) is 0 Å². The summed E-state index contributed by atoms with van der Waals surface area (Å²) in [5.41, 5.74) is 1.84. The van der Waals surface area contributed by atoms with E-state index in [0.717, 1.165) is 35.8 Å². The number of fused-ring (bicyclic) bond motifs is 3. The molecule has 0 amide bonds. The fourth-order valence-corrected chi connectivity index (χ4v) is 2.99. The summed E-state index contributed by atoms with van der Waals surface area (Å²) in [6.45, 7) is 1.56. The number of hydrogen-bond acceptors (Lipinski definition) is 5. The molecule has 0 radical (unpaired) electrons. The van der Waals surface area contributed by atoms with Gasteiger partial charge in [0.05, 0.1) is 12.1 Å². The molecular weight excluding hydrogens is 308 g/mol. The fourth-order valence-electron chi connectivity index (χ4n) is 2.78. The second-order valence-electron chi connectivity index (χ2n) is 5.26. The van der Waals surface area contributed by atoms with Crippen LogP contribution in [-0.2, 0) is 22.4 Å². The van der Waals surface area contributed by atoms with E-state index >= 15 is 0 Å². The van der Waals surface area contributed by atoms with Gasteiger partial charge >= 0.3 is 11.6 Å². The molecular formula is C16H15ClO5. The van der Waals surface area contributed by atoms with Crippen molar-refractivity contribution in [2.75, 3.05) is 7.11 Å². The maximum atomic E-state index is 12.0. The number of benzene rings is 1. The number of aryl methyl sites for hydroxylation is 1. The van der Waals surface area contributed by atoms with Crippen molar-refractivity contribution in [1.29, 1.82) is 0 Å². The number of methoxy groups -OCH3 is 1. The summed E-state index contributed by atoms with van der Waals surface area (Å²) in [6, 6.07) is 3.28. The number of ether oxygens (including phenoxy) is 2. The molecule has 1 aliphatic carbocycles. The highest BCUT2D eigenvalue weighted by Crippen LogP contribution is 2.35. The van der Waals surface area contributed by atoms with E-state index in [1.54, 1.807) is 19.1 Å². The lowest BCUT2D eigenvalue weighted by atomic mass is 10.1. The number of carbonyl (C=O) groups excluding carboxylic acids is 1. The van der Waals surface area contributed by atoms with Crippen molar-refractivity contribution in [3.05, 3.63) is 38.7 Å². The summed E-state index contributed by atoms with van der Waals surface area (Å²) in [5.74, 6) is -0.222. The Kier molecular flexibility index (Phi) is 3.83. The van der Waals surface area contributed by atoms with Gasteiger partial charge in [0, 0.05) is 17.0 Å². The maximum Gasteiger partial charge on any atom is 0.346 e. The molecule has 0 saturated heterocycles. The molecule has 1 heterocycles. The first kappa shape index (κ1) is 14.9. The zero-order chi connectivity index (χ0) is 15.9. The van der Waals surface area contributed by atoms with E-state index in [4.69, 9.17) is 20.8 Å². The van der Waals surface area contributed by atoms with E-state index in [9.17, 15) is 9.59 Å². The van der Waals surface area contributed by atoms with Gasteiger partial charge in [-0.3, -0.25) is 0 Å². The first-order valence-electron chi connectivity index (χ1n) is 7.04. The van der Waals surface area contributed by atoms with Crippen molar-refractivity contribution in [1.82, 2.24) is 0 Å². The quantitative estimate of drug-likeness (QED) is 0.642. The van der Waals surface area contributed by atoms with Crippen LogP contribution in [0.1, 0.15) is 24.5 Å². The van der Waals surface area contributed by atoms with Gasteiger partial charge in [0.2, 0.25) is 0 Å². The van der Waals surface area contributed by atoms with Gasteiger partial charge < -0.3 is 13.9 Å². The highest BCUT2D eigenvalue weighted by molar-refractivity contribution is 6.32. The minimum Gasteiger partial charge on any atom is -0.477 e. The van der Waals surface area contributed by atoms with E-state index in [2.05, 4.69) is 4.74 Å². The molecule has 3 rings (SSSR count). The highest BCUT2D eigenvalue weighted by atomic mass is 35.5. The third kappa shape index (κ3) is 2.46. The first-order chi connectivity index (χ1) is 10.5. The number of esters is 1. The Balaban J connectivity index is 2.08. The molecule has 0 aliphatic heterocycles. The lowest BCUT2D eigenvalue weighted by Gasteiger charge is -2.14. The minimum absolute atomic E-state index is 0.285. The van der Waals surface area contributed by atoms with Crippen molar-refractivity contribution in [3.63, 3.8) is 0 Å². The zero-order valence-electron chi connectivity index (χ0n) is 12.3. The molecule has 0 saturated carbocycles. The van der Waals surface area contributed by atoms with Gasteiger partial charge in [-0.1, -0.05) is 11.6 Å². The summed E-state index contributed by atoms with van der Waals surface area (Å²) in [6.07, 6.45) is 1.71. The lowest BCUT2D eigenvalue weighted by molar-refractivity contribution is -0.147. The predicted octanol–water partition coefficient (Wildman–Crippen LogP) is 2.88. The second kappa shape index (κ2) is 5.65. The Morgan fingerprint density at radius 3 is 2.77 bits per heavy atom. The first-order valence-corrected chi connectivity index (χ1v) is 7.41. The number of rotatable bonds is 3. The highest BCUT2D eigenvalue weighted by Gasteiger charge is 2.22. The van der Waals surface area contributed by atoms with Gasteiger partial charge in [-0.05, 0) is 37.8 Å². The molecule has 0 bridgehead atoms. The largest absolute Gasteiger partial charge is 0.477 e. The summed E-state index contributed by atoms with van der Waals surface area (Å²) in [4.78, 5) is 23.4. The van der Waals surface area contributed by atoms with E-state index in [-0.39, 0.29) is 11.4 Å². The van der Waals surface area contributed by atoms with Crippen LogP contribution >= 0.6 is 11.6 Å². The Morgan fingerprint density at radius 2 is 2.05 bits per heavy atom. The third-order valence-electron chi connectivity index (χ3n) is 3.86. The van der Waals surface area contributed by atoms with Crippen molar-refractivity contribution in [2.24, 2.45) is 0 Å². The summed E-state index contributed by atoms with van der Waals surface area (Å²) in [5, 5.41) is 1.20. The van der Waals surface area contributed by atoms with E-state index in [1.807, 2.05) is 0 Å². The van der Waals surface area contributed by atoms with Crippen LogP contribution in [0.25, 0.3) is 11.0 Å². The molecule has 22 heavy (non-hydrogen) atoms. The van der Waals surface area contributed by atoms with Crippen LogP contribution in [0.2, 0.25) is 5.02 Å². The monoisotopic (exact) mass is 322 g/mol. The van der Waals surface area contributed by atoms with Crippen LogP contribution in [-0.4, -0.2) is 19.2 Å². The molecule has 0 unspecified atom stereocenters. The molecule has 6 heteroatoms. The van der Waals surface area contributed by atoms with Crippen LogP contribution in [0.4, 0.5) is 0 Å². The number of carbonyl (C=O) groups is 1. The lowest BCUT2D eigenvalue weighted by Crippen LogP contribution is -2.25. The predicted molar refractivity (Wildman–Crippen MR) is 81.6 cm³/mol. The summed E-state index contributed by atoms with van der Waals surface area (Å²) < 4.78 is 15.5. The van der Waals surface area contributed by atoms with Gasteiger partial charge in [0.25, 0.3) is 0 Å². The fraction of sp³-hybridized carbons (Fsp3) is 0.375. The second-order valence-corrected chi connectivity index (χ2v) is 5.67. The van der Waals surface area contributed by atoms with Gasteiger partial charge in [0.1, 0.15) is 11.3 Å². The molecule has 5 nitrogen and oxygen atoms in total. The molecule has 1 aliphatic rings. The average molecular weight is 323 g/mol. The molecule has 1 aromatic carbocycles. The standard InChI is InChI=1S/C16H15ClO5/c1-8(15(18)20-2)21-14-7-13-11(6-12(14)17)9-4-3-5-10(9)16(19)22-13/h6-8H,3-5H2,1-2H3/t8-/m0/s1. The van der Waals surface area contributed by atoms with Crippen LogP contribution in [0, 0.1) is 0 Å². The Morgan fingerprint density at radius 1 is 1.32 bits per heavy atom. The van der Waals surface area contributed by atoms with Crippen molar-refractivity contribution < 1.29 is 18.7 Å². The SMILES string of the molecule is COC(=O)[C@H](C)Oc1cc2oc(=O)c3c(c2cc1Cl)CCC3. The topological polar surface area (TPSA) is 65.7 Å². The van der Waals surface area contributed by atoms with Crippen molar-refractivity contribution in [3.8, 4) is 5.75 Å². The Bertz CT molecular complexity index is 808. The summed E-state index contributed by atoms with van der Waals surface area (Å²) >= 11 is 6.24. The third-order valence-corrected chi connectivity index (χ3v) is 4.16. The zero-order valence-corrected chi connectivity index (χ0v) is 13.0. The van der Waals surface area contributed by atoms with Crippen LogP contribution in [0.5, 0.6) is 5.75 Å². The van der Waals surface area contributed by atoms with Crippen molar-refractivity contribution >= 4 is 28.5 Å². The van der Waals surface area contributed by atoms with Crippen LogP contribution < -0.4 is 10.4 Å². The smallest absolute Gasteiger partial charge is 0.346 e. The van der Waals surface area contributed by atoms with Gasteiger partial charge in [0.15, 0.2) is 6.10 Å². The normalized spacial score (nSPS) is 14.7. The molecule has 0 N–H and O–H groups in total.